The van der Waals surface area contributed by atoms with E-state index in [1.165, 1.54) is 13.3 Å². The van der Waals surface area contributed by atoms with Gasteiger partial charge >= 0.3 is 5.97 Å². The van der Waals surface area contributed by atoms with Crippen molar-refractivity contribution in [1.29, 1.82) is 0 Å². The number of rotatable bonds is 6. The van der Waals surface area contributed by atoms with Crippen LogP contribution in [-0.2, 0) is 4.74 Å². The first kappa shape index (κ1) is 20.6. The Hall–Kier alpha value is -3.66. The molecule has 3 heterocycles. The van der Waals surface area contributed by atoms with Gasteiger partial charge in [-0.2, -0.15) is 0 Å². The maximum Gasteiger partial charge on any atom is 0.373 e. The van der Waals surface area contributed by atoms with Crippen molar-refractivity contribution in [2.45, 2.75) is 6.92 Å². The van der Waals surface area contributed by atoms with Crippen LogP contribution in [0, 0.1) is 10.1 Å². The number of likely N-dealkylation sites (N-methyl/N-ethyl adjacent to an activating group) is 1. The molecule has 1 saturated heterocycles. The lowest BCUT2D eigenvalue weighted by Gasteiger charge is -2.35. The van der Waals surface area contributed by atoms with Gasteiger partial charge in [0.25, 0.3) is 5.69 Å². The van der Waals surface area contributed by atoms with Gasteiger partial charge in [-0.3, -0.25) is 10.1 Å². The number of furan rings is 1. The molecule has 0 bridgehead atoms. The van der Waals surface area contributed by atoms with Gasteiger partial charge in [0.15, 0.2) is 5.58 Å². The fourth-order valence-electron chi connectivity index (χ4n) is 3.65. The zero-order valence-electron chi connectivity index (χ0n) is 17.3. The molecule has 1 N–H and O–H groups in total. The Morgan fingerprint density at radius 1 is 1.26 bits per heavy atom. The minimum absolute atomic E-state index is 0.0280. The number of aromatic nitrogens is 1. The third-order valence-corrected chi connectivity index (χ3v) is 5.42. The zero-order valence-corrected chi connectivity index (χ0v) is 17.3. The van der Waals surface area contributed by atoms with Gasteiger partial charge in [0.05, 0.1) is 18.2 Å². The predicted molar refractivity (Wildman–Crippen MR) is 116 cm³/mol. The summed E-state index contributed by atoms with van der Waals surface area (Å²) in [5.41, 5.74) is 1.56. The molecule has 0 radical (unpaired) electrons. The summed E-state index contributed by atoms with van der Waals surface area (Å²) in [5.74, 6) is -0.121. The van der Waals surface area contributed by atoms with Gasteiger partial charge in [-0.1, -0.05) is 6.92 Å². The molecule has 0 spiro atoms. The Morgan fingerprint density at radius 3 is 2.71 bits per heavy atom. The van der Waals surface area contributed by atoms with E-state index >= 15 is 0 Å². The van der Waals surface area contributed by atoms with Gasteiger partial charge in [0.2, 0.25) is 5.76 Å². The Bertz CT molecular complexity index is 1120. The van der Waals surface area contributed by atoms with E-state index in [0.29, 0.717) is 22.5 Å². The van der Waals surface area contributed by atoms with Crippen LogP contribution in [0.4, 0.5) is 22.9 Å². The average molecular weight is 425 g/mol. The highest BCUT2D eigenvalue weighted by molar-refractivity contribution is 5.93. The maximum absolute atomic E-state index is 11.7. The number of anilines is 3. The first-order chi connectivity index (χ1) is 15.0. The number of pyridine rings is 1. The van der Waals surface area contributed by atoms with Crippen LogP contribution in [0.15, 0.2) is 40.9 Å². The molecule has 0 atom stereocenters. The van der Waals surface area contributed by atoms with Crippen LogP contribution in [0.5, 0.6) is 0 Å². The van der Waals surface area contributed by atoms with Gasteiger partial charge in [-0.25, -0.2) is 9.78 Å². The second-order valence-corrected chi connectivity index (χ2v) is 7.21. The molecule has 1 aliphatic rings. The number of piperazine rings is 1. The number of ether oxygens (including phenoxy) is 1. The van der Waals surface area contributed by atoms with Crippen molar-refractivity contribution in [2.24, 2.45) is 0 Å². The number of hydrogen-bond donors (Lipinski definition) is 1. The molecule has 10 heteroatoms. The molecule has 1 fully saturated rings. The van der Waals surface area contributed by atoms with Crippen LogP contribution in [0.3, 0.4) is 0 Å². The zero-order chi connectivity index (χ0) is 22.0. The molecule has 1 aliphatic heterocycles. The van der Waals surface area contributed by atoms with Crippen LogP contribution in [0.25, 0.3) is 11.0 Å². The number of nitrogens with zero attached hydrogens (tertiary/aromatic N) is 4. The van der Waals surface area contributed by atoms with Crippen molar-refractivity contribution in [1.82, 2.24) is 9.88 Å². The van der Waals surface area contributed by atoms with E-state index in [0.717, 1.165) is 38.4 Å². The van der Waals surface area contributed by atoms with Crippen molar-refractivity contribution in [2.75, 3.05) is 50.1 Å². The van der Waals surface area contributed by atoms with E-state index < -0.39 is 10.9 Å². The molecule has 0 aliphatic carbocycles. The first-order valence-electron chi connectivity index (χ1n) is 9.99. The van der Waals surface area contributed by atoms with Crippen LogP contribution in [0.2, 0.25) is 0 Å². The molecule has 0 unspecified atom stereocenters. The minimum atomic E-state index is -0.586. The van der Waals surface area contributed by atoms with Crippen molar-refractivity contribution in [3.63, 3.8) is 0 Å². The van der Waals surface area contributed by atoms with Crippen LogP contribution < -0.4 is 10.2 Å². The van der Waals surface area contributed by atoms with E-state index in [2.05, 4.69) is 31.8 Å². The standard InChI is InChI=1S/C21H23N5O5/c1-3-24-6-8-25(9-7-24)15-4-5-16(17(12-15)26(28)29)23-20-11-14-10-18(21(27)30-2)31-19(14)13-22-20/h4-5,10-13H,3,6-9H2,1-2H3,(H,22,23). The van der Waals surface area contributed by atoms with Gasteiger partial charge < -0.3 is 24.3 Å². The summed E-state index contributed by atoms with van der Waals surface area (Å²) in [7, 11) is 1.27. The molecule has 3 aromatic rings. The van der Waals surface area contributed by atoms with Crippen LogP contribution in [-0.4, -0.2) is 60.6 Å². The number of carbonyl (C=O) groups excluding carboxylic acids is 1. The smallest absolute Gasteiger partial charge is 0.373 e. The van der Waals surface area contributed by atoms with E-state index in [4.69, 9.17) is 4.42 Å². The molecule has 1 aromatic carbocycles. The van der Waals surface area contributed by atoms with E-state index in [9.17, 15) is 14.9 Å². The third kappa shape index (κ3) is 4.29. The fraction of sp³-hybridized carbons (Fsp3) is 0.333. The van der Waals surface area contributed by atoms with E-state index in [1.807, 2.05) is 6.07 Å². The van der Waals surface area contributed by atoms with Gasteiger partial charge in [0.1, 0.15) is 11.5 Å². The number of fused-ring (bicyclic) bond motifs is 1. The monoisotopic (exact) mass is 425 g/mol. The lowest BCUT2D eigenvalue weighted by molar-refractivity contribution is -0.383. The predicted octanol–water partition coefficient (Wildman–Crippen LogP) is 3.41. The third-order valence-electron chi connectivity index (χ3n) is 5.42. The van der Waals surface area contributed by atoms with Crippen molar-refractivity contribution in [3.8, 4) is 0 Å². The Morgan fingerprint density at radius 2 is 2.03 bits per heavy atom. The topological polar surface area (TPSA) is 114 Å². The lowest BCUT2D eigenvalue weighted by Crippen LogP contribution is -2.46. The average Bonchev–Trinajstić information content (AvgIpc) is 3.22. The summed E-state index contributed by atoms with van der Waals surface area (Å²) in [6.45, 7) is 6.68. The number of esters is 1. The highest BCUT2D eigenvalue weighted by Crippen LogP contribution is 2.33. The number of carbonyl (C=O) groups is 1. The summed E-state index contributed by atoms with van der Waals surface area (Å²) >= 11 is 0. The molecule has 0 amide bonds. The maximum atomic E-state index is 11.7. The minimum Gasteiger partial charge on any atom is -0.463 e. The molecule has 4 rings (SSSR count). The van der Waals surface area contributed by atoms with Crippen molar-refractivity contribution < 1.29 is 18.9 Å². The normalized spacial score (nSPS) is 14.6. The Kier molecular flexibility index (Phi) is 5.72. The number of hydrogen-bond acceptors (Lipinski definition) is 9. The van der Waals surface area contributed by atoms with Crippen molar-refractivity contribution >= 4 is 39.8 Å². The summed E-state index contributed by atoms with van der Waals surface area (Å²) in [6, 6.07) is 8.37. The molecular weight excluding hydrogens is 402 g/mol. The summed E-state index contributed by atoms with van der Waals surface area (Å²) in [5, 5.41) is 15.4. The second-order valence-electron chi connectivity index (χ2n) is 7.21. The van der Waals surface area contributed by atoms with Gasteiger partial charge in [-0.15, -0.1) is 0 Å². The Balaban J connectivity index is 1.57. The number of benzene rings is 1. The molecule has 2 aromatic heterocycles. The molecular formula is C21H23N5O5. The highest BCUT2D eigenvalue weighted by Gasteiger charge is 2.21. The quantitative estimate of drug-likeness (QED) is 0.360. The Labute approximate surface area is 178 Å². The van der Waals surface area contributed by atoms with Crippen LogP contribution >= 0.6 is 0 Å². The highest BCUT2D eigenvalue weighted by atomic mass is 16.6. The largest absolute Gasteiger partial charge is 0.463 e. The lowest BCUT2D eigenvalue weighted by atomic mass is 10.2. The summed E-state index contributed by atoms with van der Waals surface area (Å²) in [6.07, 6.45) is 1.46. The molecule has 162 valence electrons. The molecule has 0 saturated carbocycles. The number of nitrogens with one attached hydrogen (secondary N) is 1. The van der Waals surface area contributed by atoms with E-state index in [1.54, 1.807) is 24.3 Å². The van der Waals surface area contributed by atoms with Crippen LogP contribution in [0.1, 0.15) is 17.5 Å². The van der Waals surface area contributed by atoms with Gasteiger partial charge in [0, 0.05) is 43.3 Å². The SMILES string of the molecule is CCN1CCN(c2ccc(Nc3cc4cc(C(=O)OC)oc4cn3)c([N+](=O)[O-])c2)CC1. The summed E-state index contributed by atoms with van der Waals surface area (Å²) < 4.78 is 10.1. The molecule has 10 nitrogen and oxygen atoms in total. The molecule has 31 heavy (non-hydrogen) atoms. The van der Waals surface area contributed by atoms with E-state index in [-0.39, 0.29) is 11.4 Å². The number of methoxy groups -OCH3 is 1. The first-order valence-corrected chi connectivity index (χ1v) is 9.99. The number of nitro benzene ring substituents is 1. The second kappa shape index (κ2) is 8.60. The fourth-order valence-corrected chi connectivity index (χ4v) is 3.65. The summed E-state index contributed by atoms with van der Waals surface area (Å²) in [4.78, 5) is 31.7. The van der Waals surface area contributed by atoms with Crippen molar-refractivity contribution in [3.05, 3.63) is 52.4 Å². The number of nitro groups is 1. The van der Waals surface area contributed by atoms with Gasteiger partial charge in [-0.05, 0) is 30.8 Å².